The number of aromatic nitrogens is 1. The van der Waals surface area contributed by atoms with Crippen LogP contribution in [0.2, 0.25) is 0 Å². The highest BCUT2D eigenvalue weighted by Gasteiger charge is 2.05. The van der Waals surface area contributed by atoms with Crippen LogP contribution in [0.15, 0.2) is 36.4 Å². The molecular weight excluding hydrogens is 228 g/mol. The van der Waals surface area contributed by atoms with Crippen LogP contribution in [0.25, 0.3) is 0 Å². The Morgan fingerprint density at radius 2 is 2.00 bits per heavy atom. The number of pyridine rings is 1. The van der Waals surface area contributed by atoms with E-state index in [2.05, 4.69) is 10.3 Å². The minimum atomic E-state index is 0.197. The first-order valence-corrected chi connectivity index (χ1v) is 5.73. The maximum atomic E-state index is 9.71. The van der Waals surface area contributed by atoms with Gasteiger partial charge in [0.25, 0.3) is 0 Å². The number of nitrogens with one attached hydrogen (secondary N) is 1. The number of ether oxygens (including phenoxy) is 1. The molecule has 2 rings (SSSR count). The van der Waals surface area contributed by atoms with E-state index >= 15 is 0 Å². The van der Waals surface area contributed by atoms with Crippen molar-refractivity contribution in [2.45, 2.75) is 13.5 Å². The molecule has 2 N–H and O–H groups in total. The molecule has 0 unspecified atom stereocenters. The van der Waals surface area contributed by atoms with E-state index in [1.807, 2.05) is 31.2 Å². The highest BCUT2D eigenvalue weighted by atomic mass is 16.5. The average Bonchev–Trinajstić information content (AvgIpc) is 2.40. The number of hydrogen-bond acceptors (Lipinski definition) is 4. The van der Waals surface area contributed by atoms with E-state index in [-0.39, 0.29) is 5.75 Å². The second-order valence-electron chi connectivity index (χ2n) is 3.97. The number of rotatable bonds is 4. The van der Waals surface area contributed by atoms with Gasteiger partial charge < -0.3 is 15.2 Å². The van der Waals surface area contributed by atoms with Gasteiger partial charge in [-0.25, -0.2) is 0 Å². The molecule has 0 spiro atoms. The van der Waals surface area contributed by atoms with Gasteiger partial charge in [-0.2, -0.15) is 0 Å². The van der Waals surface area contributed by atoms with E-state index in [4.69, 9.17) is 4.74 Å². The Morgan fingerprint density at radius 3 is 2.78 bits per heavy atom. The fourth-order valence-electron chi connectivity index (χ4n) is 1.70. The fourth-order valence-corrected chi connectivity index (χ4v) is 1.70. The number of methoxy groups -OCH3 is 1. The van der Waals surface area contributed by atoms with Crippen LogP contribution >= 0.6 is 0 Å². The topological polar surface area (TPSA) is 54.4 Å². The Balaban J connectivity index is 2.14. The summed E-state index contributed by atoms with van der Waals surface area (Å²) >= 11 is 0. The van der Waals surface area contributed by atoms with Crippen LogP contribution in [-0.4, -0.2) is 17.2 Å². The minimum absolute atomic E-state index is 0.197. The zero-order chi connectivity index (χ0) is 13.0. The monoisotopic (exact) mass is 244 g/mol. The van der Waals surface area contributed by atoms with Crippen molar-refractivity contribution >= 4 is 5.69 Å². The lowest BCUT2D eigenvalue weighted by Gasteiger charge is -2.11. The Labute approximate surface area is 106 Å². The number of hydrogen-bond donors (Lipinski definition) is 2. The van der Waals surface area contributed by atoms with Gasteiger partial charge >= 0.3 is 0 Å². The average molecular weight is 244 g/mol. The predicted molar refractivity (Wildman–Crippen MR) is 71.0 cm³/mol. The van der Waals surface area contributed by atoms with Crippen molar-refractivity contribution in [1.82, 2.24) is 4.98 Å². The normalized spacial score (nSPS) is 10.1. The third-order valence-electron chi connectivity index (χ3n) is 2.64. The van der Waals surface area contributed by atoms with Gasteiger partial charge in [0.05, 0.1) is 19.3 Å². The molecule has 0 aliphatic rings. The van der Waals surface area contributed by atoms with Crippen LogP contribution in [0.3, 0.4) is 0 Å². The lowest BCUT2D eigenvalue weighted by atomic mass is 10.2. The van der Waals surface area contributed by atoms with Crippen LogP contribution < -0.4 is 10.1 Å². The Kier molecular flexibility index (Phi) is 3.67. The number of aromatic hydroxyl groups is 1. The van der Waals surface area contributed by atoms with Crippen molar-refractivity contribution in [2.75, 3.05) is 12.4 Å². The van der Waals surface area contributed by atoms with E-state index in [1.165, 1.54) is 0 Å². The summed E-state index contributed by atoms with van der Waals surface area (Å²) in [6.45, 7) is 2.35. The quantitative estimate of drug-likeness (QED) is 0.868. The molecule has 0 bridgehead atoms. The molecule has 0 atom stereocenters. The summed E-state index contributed by atoms with van der Waals surface area (Å²) in [6, 6.07) is 11.1. The SMILES string of the molecule is COc1ccccc1NCc1nc(C)ccc1O. The zero-order valence-electron chi connectivity index (χ0n) is 10.5. The van der Waals surface area contributed by atoms with E-state index in [0.717, 1.165) is 17.1 Å². The smallest absolute Gasteiger partial charge is 0.141 e. The molecule has 2 aromatic rings. The van der Waals surface area contributed by atoms with Crippen molar-refractivity contribution in [3.05, 3.63) is 47.8 Å². The molecule has 18 heavy (non-hydrogen) atoms. The van der Waals surface area contributed by atoms with Crippen molar-refractivity contribution in [1.29, 1.82) is 0 Å². The molecule has 0 aliphatic heterocycles. The van der Waals surface area contributed by atoms with Crippen molar-refractivity contribution in [3.63, 3.8) is 0 Å². The lowest BCUT2D eigenvalue weighted by Crippen LogP contribution is -2.04. The first-order chi connectivity index (χ1) is 8.70. The summed E-state index contributed by atoms with van der Waals surface area (Å²) in [6.07, 6.45) is 0. The van der Waals surface area contributed by atoms with Crippen LogP contribution in [-0.2, 0) is 6.54 Å². The van der Waals surface area contributed by atoms with E-state index in [1.54, 1.807) is 19.2 Å². The van der Waals surface area contributed by atoms with Crippen molar-refractivity contribution in [3.8, 4) is 11.5 Å². The maximum Gasteiger partial charge on any atom is 0.141 e. The third-order valence-corrected chi connectivity index (χ3v) is 2.64. The molecule has 0 amide bonds. The summed E-state index contributed by atoms with van der Waals surface area (Å²) in [5, 5.41) is 12.9. The van der Waals surface area contributed by atoms with E-state index < -0.39 is 0 Å². The lowest BCUT2D eigenvalue weighted by molar-refractivity contribution is 0.416. The number of anilines is 1. The highest BCUT2D eigenvalue weighted by molar-refractivity contribution is 5.56. The molecule has 4 nitrogen and oxygen atoms in total. The molecule has 0 saturated heterocycles. The molecule has 0 saturated carbocycles. The second-order valence-corrected chi connectivity index (χ2v) is 3.97. The first kappa shape index (κ1) is 12.2. The Hall–Kier alpha value is -2.23. The van der Waals surface area contributed by atoms with Gasteiger partial charge in [-0.1, -0.05) is 12.1 Å². The summed E-state index contributed by atoms with van der Waals surface area (Å²) < 4.78 is 5.24. The molecule has 4 heteroatoms. The van der Waals surface area contributed by atoms with Crippen LogP contribution in [0, 0.1) is 6.92 Å². The Morgan fingerprint density at radius 1 is 1.22 bits per heavy atom. The molecule has 94 valence electrons. The molecule has 0 fully saturated rings. The van der Waals surface area contributed by atoms with Crippen LogP contribution in [0.1, 0.15) is 11.4 Å². The van der Waals surface area contributed by atoms with Gasteiger partial charge in [0.1, 0.15) is 17.2 Å². The largest absolute Gasteiger partial charge is 0.506 e. The van der Waals surface area contributed by atoms with Gasteiger partial charge in [0.2, 0.25) is 0 Å². The maximum absolute atomic E-state index is 9.71. The van der Waals surface area contributed by atoms with Crippen LogP contribution in [0.5, 0.6) is 11.5 Å². The van der Waals surface area contributed by atoms with Crippen molar-refractivity contribution < 1.29 is 9.84 Å². The number of benzene rings is 1. The van der Waals surface area contributed by atoms with Crippen LogP contribution in [0.4, 0.5) is 5.69 Å². The summed E-state index contributed by atoms with van der Waals surface area (Å²) in [7, 11) is 1.63. The summed E-state index contributed by atoms with van der Waals surface area (Å²) in [5.41, 5.74) is 2.38. The van der Waals surface area contributed by atoms with Gasteiger partial charge in [0.15, 0.2) is 0 Å². The van der Waals surface area contributed by atoms with Crippen molar-refractivity contribution in [2.24, 2.45) is 0 Å². The second kappa shape index (κ2) is 5.40. The standard InChI is InChI=1S/C14H16N2O2/c1-10-7-8-13(17)12(16-10)9-15-11-5-3-4-6-14(11)18-2/h3-8,15,17H,9H2,1-2H3. The van der Waals surface area contributed by atoms with E-state index in [0.29, 0.717) is 12.2 Å². The minimum Gasteiger partial charge on any atom is -0.506 e. The van der Waals surface area contributed by atoms with Gasteiger partial charge in [-0.3, -0.25) is 4.98 Å². The highest BCUT2D eigenvalue weighted by Crippen LogP contribution is 2.24. The predicted octanol–water partition coefficient (Wildman–Crippen LogP) is 2.72. The molecule has 1 aromatic heterocycles. The van der Waals surface area contributed by atoms with Gasteiger partial charge in [-0.05, 0) is 31.2 Å². The molecular formula is C14H16N2O2. The summed E-state index contributed by atoms with van der Waals surface area (Å²) in [4.78, 5) is 4.29. The van der Waals surface area contributed by atoms with Gasteiger partial charge in [0, 0.05) is 5.69 Å². The number of nitrogens with zero attached hydrogens (tertiary/aromatic N) is 1. The fraction of sp³-hybridized carbons (Fsp3) is 0.214. The van der Waals surface area contributed by atoms with E-state index in [9.17, 15) is 5.11 Å². The third kappa shape index (κ3) is 2.71. The molecule has 1 aromatic carbocycles. The first-order valence-electron chi connectivity index (χ1n) is 5.73. The summed E-state index contributed by atoms with van der Waals surface area (Å²) in [5.74, 6) is 0.965. The number of aryl methyl sites for hydroxylation is 1. The van der Waals surface area contributed by atoms with Gasteiger partial charge in [-0.15, -0.1) is 0 Å². The zero-order valence-corrected chi connectivity index (χ0v) is 10.5. The molecule has 0 radical (unpaired) electrons. The Bertz CT molecular complexity index is 541. The molecule has 1 heterocycles. The number of para-hydroxylation sites is 2. The molecule has 0 aliphatic carbocycles.